The van der Waals surface area contributed by atoms with Crippen molar-refractivity contribution in [1.29, 1.82) is 10.5 Å². The van der Waals surface area contributed by atoms with E-state index >= 15 is 0 Å². The van der Waals surface area contributed by atoms with Crippen molar-refractivity contribution in [3.05, 3.63) is 23.5 Å². The molecule has 0 spiro atoms. The summed E-state index contributed by atoms with van der Waals surface area (Å²) in [5.41, 5.74) is 1.03. The van der Waals surface area contributed by atoms with Gasteiger partial charge in [0.25, 0.3) is 0 Å². The van der Waals surface area contributed by atoms with Crippen molar-refractivity contribution in [2.24, 2.45) is 0 Å². The minimum atomic E-state index is -0.432. The van der Waals surface area contributed by atoms with Gasteiger partial charge < -0.3 is 9.47 Å². The quantitative estimate of drug-likeness (QED) is 0.718. The van der Waals surface area contributed by atoms with Crippen LogP contribution < -0.4 is 4.74 Å². The maximum atomic E-state index is 8.65. The standard InChI is InChI=1S/C12H13N3O2/c1-9(7-13)16-5-6-17-12-4-3-11(8-14)15-10(12)2/h3-4,9H,5-6H2,1-2H3. The van der Waals surface area contributed by atoms with Gasteiger partial charge in [-0.2, -0.15) is 10.5 Å². The minimum absolute atomic E-state index is 0.341. The summed E-state index contributed by atoms with van der Waals surface area (Å²) in [6.07, 6.45) is -0.432. The molecule has 0 radical (unpaired) electrons. The van der Waals surface area contributed by atoms with Crippen LogP contribution in [0.25, 0.3) is 0 Å². The third-order valence-corrected chi connectivity index (χ3v) is 2.04. The lowest BCUT2D eigenvalue weighted by Gasteiger charge is -2.09. The molecule has 0 bridgehead atoms. The van der Waals surface area contributed by atoms with E-state index in [1.165, 1.54) is 0 Å². The topological polar surface area (TPSA) is 78.9 Å². The van der Waals surface area contributed by atoms with Crippen LogP contribution >= 0.6 is 0 Å². The molecule has 88 valence electrons. The van der Waals surface area contributed by atoms with Crippen LogP contribution in [0.4, 0.5) is 0 Å². The first-order chi connectivity index (χ1) is 8.17. The molecule has 1 unspecified atom stereocenters. The molecule has 1 heterocycles. The van der Waals surface area contributed by atoms with E-state index in [9.17, 15) is 0 Å². The van der Waals surface area contributed by atoms with Crippen molar-refractivity contribution in [2.75, 3.05) is 13.2 Å². The van der Waals surface area contributed by atoms with Crippen molar-refractivity contribution >= 4 is 0 Å². The maximum Gasteiger partial charge on any atom is 0.141 e. The molecular weight excluding hydrogens is 218 g/mol. The van der Waals surface area contributed by atoms with E-state index in [1.54, 1.807) is 26.0 Å². The van der Waals surface area contributed by atoms with Crippen LogP contribution in [-0.2, 0) is 4.74 Å². The van der Waals surface area contributed by atoms with Gasteiger partial charge in [-0.3, -0.25) is 0 Å². The molecule has 1 rings (SSSR count). The average Bonchev–Trinajstić information content (AvgIpc) is 2.35. The molecular formula is C12H13N3O2. The monoisotopic (exact) mass is 231 g/mol. The highest BCUT2D eigenvalue weighted by Gasteiger charge is 2.03. The molecule has 0 saturated heterocycles. The van der Waals surface area contributed by atoms with Crippen LogP contribution in [0.15, 0.2) is 12.1 Å². The second-order valence-corrected chi connectivity index (χ2v) is 3.38. The summed E-state index contributed by atoms with van der Waals surface area (Å²) in [4.78, 5) is 4.04. The Morgan fingerprint density at radius 2 is 2.12 bits per heavy atom. The molecule has 0 amide bonds. The Balaban J connectivity index is 2.43. The maximum absolute atomic E-state index is 8.65. The Morgan fingerprint density at radius 3 is 2.71 bits per heavy atom. The summed E-state index contributed by atoms with van der Waals surface area (Å²) in [6, 6.07) is 7.22. The SMILES string of the molecule is Cc1nc(C#N)ccc1OCCOC(C)C#N. The second-order valence-electron chi connectivity index (χ2n) is 3.38. The second kappa shape index (κ2) is 6.47. The number of ether oxygens (including phenoxy) is 2. The first-order valence-corrected chi connectivity index (χ1v) is 5.19. The van der Waals surface area contributed by atoms with Crippen LogP contribution in [0.5, 0.6) is 5.75 Å². The highest BCUT2D eigenvalue weighted by molar-refractivity contribution is 5.32. The molecule has 0 aromatic carbocycles. The lowest BCUT2D eigenvalue weighted by Crippen LogP contribution is -2.13. The van der Waals surface area contributed by atoms with Crippen molar-refractivity contribution in [1.82, 2.24) is 4.98 Å². The number of aryl methyl sites for hydroxylation is 1. The molecule has 1 atom stereocenters. The first-order valence-electron chi connectivity index (χ1n) is 5.19. The molecule has 1 aromatic heterocycles. The molecule has 5 heteroatoms. The Bertz CT molecular complexity index is 460. The molecule has 0 aliphatic rings. The van der Waals surface area contributed by atoms with E-state index < -0.39 is 6.10 Å². The van der Waals surface area contributed by atoms with E-state index in [4.69, 9.17) is 20.0 Å². The van der Waals surface area contributed by atoms with E-state index in [2.05, 4.69) is 4.98 Å². The Hall–Kier alpha value is -2.11. The van der Waals surface area contributed by atoms with Crippen LogP contribution in [0.1, 0.15) is 18.3 Å². The zero-order valence-corrected chi connectivity index (χ0v) is 9.80. The molecule has 5 nitrogen and oxygen atoms in total. The third-order valence-electron chi connectivity index (χ3n) is 2.04. The zero-order valence-electron chi connectivity index (χ0n) is 9.80. The average molecular weight is 231 g/mol. The summed E-state index contributed by atoms with van der Waals surface area (Å²) in [5, 5.41) is 17.1. The van der Waals surface area contributed by atoms with E-state index in [0.29, 0.717) is 30.4 Å². The molecule has 0 aliphatic heterocycles. The van der Waals surface area contributed by atoms with Gasteiger partial charge in [0.15, 0.2) is 0 Å². The zero-order chi connectivity index (χ0) is 12.7. The van der Waals surface area contributed by atoms with Gasteiger partial charge in [-0.05, 0) is 26.0 Å². The number of nitrogens with zero attached hydrogens (tertiary/aromatic N) is 3. The van der Waals surface area contributed by atoms with E-state index in [0.717, 1.165) is 0 Å². The van der Waals surface area contributed by atoms with Crippen LogP contribution in [-0.4, -0.2) is 24.3 Å². The highest BCUT2D eigenvalue weighted by atomic mass is 16.5. The molecule has 1 aromatic rings. The summed E-state index contributed by atoms with van der Waals surface area (Å²) in [7, 11) is 0. The van der Waals surface area contributed by atoms with Crippen molar-refractivity contribution in [3.63, 3.8) is 0 Å². The summed E-state index contributed by atoms with van der Waals surface area (Å²) in [5.74, 6) is 0.622. The van der Waals surface area contributed by atoms with Crippen molar-refractivity contribution in [3.8, 4) is 17.9 Å². The van der Waals surface area contributed by atoms with Gasteiger partial charge in [-0.1, -0.05) is 0 Å². The predicted molar refractivity (Wildman–Crippen MR) is 60.2 cm³/mol. The number of aromatic nitrogens is 1. The highest BCUT2D eigenvalue weighted by Crippen LogP contribution is 2.15. The molecule has 0 N–H and O–H groups in total. The van der Waals surface area contributed by atoms with Crippen LogP contribution in [0.3, 0.4) is 0 Å². The van der Waals surface area contributed by atoms with E-state index in [-0.39, 0.29) is 0 Å². The van der Waals surface area contributed by atoms with Crippen molar-refractivity contribution < 1.29 is 9.47 Å². The fourth-order valence-electron chi connectivity index (χ4n) is 1.18. The van der Waals surface area contributed by atoms with Gasteiger partial charge in [-0.15, -0.1) is 0 Å². The molecule has 0 fully saturated rings. The lowest BCUT2D eigenvalue weighted by molar-refractivity contribution is 0.0741. The fraction of sp³-hybridized carbons (Fsp3) is 0.417. The van der Waals surface area contributed by atoms with Gasteiger partial charge in [0, 0.05) is 0 Å². The largest absolute Gasteiger partial charge is 0.489 e. The van der Waals surface area contributed by atoms with Crippen molar-refractivity contribution in [2.45, 2.75) is 20.0 Å². The Kier molecular flexibility index (Phi) is 4.93. The summed E-state index contributed by atoms with van der Waals surface area (Å²) in [6.45, 7) is 4.14. The third kappa shape index (κ3) is 4.10. The van der Waals surface area contributed by atoms with Crippen LogP contribution in [0, 0.1) is 29.6 Å². The minimum Gasteiger partial charge on any atom is -0.489 e. The van der Waals surface area contributed by atoms with E-state index in [1.807, 2.05) is 12.1 Å². The smallest absolute Gasteiger partial charge is 0.141 e. The summed E-state index contributed by atoms with van der Waals surface area (Å²) >= 11 is 0. The first kappa shape index (κ1) is 13.0. The van der Waals surface area contributed by atoms with Gasteiger partial charge in [-0.25, -0.2) is 4.98 Å². The van der Waals surface area contributed by atoms with Gasteiger partial charge in [0.2, 0.25) is 0 Å². The van der Waals surface area contributed by atoms with Crippen LogP contribution in [0.2, 0.25) is 0 Å². The molecule has 0 saturated carbocycles. The number of pyridine rings is 1. The summed E-state index contributed by atoms with van der Waals surface area (Å²) < 4.78 is 10.6. The number of nitriles is 2. The molecule has 17 heavy (non-hydrogen) atoms. The molecule has 0 aliphatic carbocycles. The van der Waals surface area contributed by atoms with Gasteiger partial charge in [0.1, 0.15) is 30.2 Å². The Labute approximate surface area is 100 Å². The van der Waals surface area contributed by atoms with Gasteiger partial charge in [0.05, 0.1) is 18.4 Å². The predicted octanol–water partition coefficient (Wildman–Crippen LogP) is 1.57. The number of hydrogen-bond donors (Lipinski definition) is 0. The number of rotatable bonds is 5. The fourth-order valence-corrected chi connectivity index (χ4v) is 1.18. The number of hydrogen-bond acceptors (Lipinski definition) is 5. The Morgan fingerprint density at radius 1 is 1.35 bits per heavy atom. The lowest BCUT2D eigenvalue weighted by atomic mass is 10.3. The van der Waals surface area contributed by atoms with Gasteiger partial charge >= 0.3 is 0 Å². The normalized spacial score (nSPS) is 11.3.